The smallest absolute Gasteiger partial charge is 0.261 e. The molecule has 0 aliphatic rings. The maximum Gasteiger partial charge on any atom is 0.261 e. The molecule has 2 aromatic carbocycles. The highest BCUT2D eigenvalue weighted by atomic mass is 35.5. The maximum absolute atomic E-state index is 12.9. The molecule has 8 heteroatoms. The topological polar surface area (TPSA) is 90.2 Å². The fourth-order valence-electron chi connectivity index (χ4n) is 2.89. The molecule has 0 saturated carbocycles. The monoisotopic (exact) mass is 444 g/mol. The van der Waals surface area contributed by atoms with Crippen LogP contribution in [0.4, 0.5) is 5.69 Å². The Balaban J connectivity index is 1.98. The first-order chi connectivity index (χ1) is 14.0. The highest BCUT2D eigenvalue weighted by molar-refractivity contribution is 7.92. The van der Waals surface area contributed by atoms with Crippen LogP contribution in [0.1, 0.15) is 42.3 Å². The second-order valence-corrected chi connectivity index (χ2v) is 9.91. The van der Waals surface area contributed by atoms with Crippen LogP contribution in [-0.2, 0) is 15.4 Å². The molecular formula is C22H21ClN2O4S. The Morgan fingerprint density at radius 2 is 1.60 bits per heavy atom. The first-order valence-electron chi connectivity index (χ1n) is 9.14. The highest BCUT2D eigenvalue weighted by Gasteiger charge is 2.23. The summed E-state index contributed by atoms with van der Waals surface area (Å²) in [4.78, 5) is 13.0. The number of aromatic nitrogens is 1. The van der Waals surface area contributed by atoms with Crippen molar-refractivity contribution in [2.24, 2.45) is 0 Å². The van der Waals surface area contributed by atoms with Crippen LogP contribution in [0.2, 0.25) is 5.02 Å². The number of hydrogen-bond acceptors (Lipinski definition) is 4. The first-order valence-corrected chi connectivity index (χ1v) is 11.0. The van der Waals surface area contributed by atoms with Crippen LogP contribution in [-0.4, -0.2) is 14.2 Å². The number of sulfonamides is 1. The molecule has 0 saturated heterocycles. The van der Waals surface area contributed by atoms with E-state index in [1.807, 2.05) is 20.8 Å². The third-order valence-corrected chi connectivity index (χ3v) is 6.28. The summed E-state index contributed by atoms with van der Waals surface area (Å²) in [6.45, 7) is 6.11. The first kappa shape index (κ1) is 21.8. The van der Waals surface area contributed by atoms with E-state index in [1.54, 1.807) is 18.2 Å². The van der Waals surface area contributed by atoms with Gasteiger partial charge in [0.1, 0.15) is 0 Å². The zero-order chi connectivity index (χ0) is 22.1. The molecule has 3 aromatic rings. The number of halogens is 1. The van der Waals surface area contributed by atoms with Crippen LogP contribution in [0.5, 0.6) is 0 Å². The molecule has 0 amide bonds. The molecule has 30 heavy (non-hydrogen) atoms. The average molecular weight is 445 g/mol. The molecule has 3 rings (SSSR count). The van der Waals surface area contributed by atoms with Crippen molar-refractivity contribution in [1.29, 1.82) is 0 Å². The van der Waals surface area contributed by atoms with Crippen LogP contribution < -0.4 is 9.45 Å². The fourth-order valence-corrected chi connectivity index (χ4v) is 4.22. The van der Waals surface area contributed by atoms with Gasteiger partial charge in [0, 0.05) is 17.7 Å². The fraction of sp³-hybridized carbons (Fsp3) is 0.182. The Morgan fingerprint density at radius 3 is 2.17 bits per heavy atom. The van der Waals surface area contributed by atoms with Gasteiger partial charge >= 0.3 is 0 Å². The second-order valence-electron chi connectivity index (χ2n) is 7.82. The van der Waals surface area contributed by atoms with Gasteiger partial charge in [0.05, 0.1) is 21.2 Å². The van der Waals surface area contributed by atoms with Gasteiger partial charge in [-0.3, -0.25) is 9.52 Å². The summed E-state index contributed by atoms with van der Waals surface area (Å²) in [7, 11) is -3.95. The lowest BCUT2D eigenvalue weighted by Gasteiger charge is -2.19. The van der Waals surface area contributed by atoms with Crippen LogP contribution >= 0.6 is 11.6 Å². The van der Waals surface area contributed by atoms with Crippen molar-refractivity contribution in [3.05, 3.63) is 93.9 Å². The van der Waals surface area contributed by atoms with Crippen molar-refractivity contribution < 1.29 is 17.9 Å². The van der Waals surface area contributed by atoms with Crippen LogP contribution in [0.15, 0.2) is 71.9 Å². The normalized spacial score (nSPS) is 11.9. The Hall–Kier alpha value is -2.90. The molecule has 1 N–H and O–H groups in total. The van der Waals surface area contributed by atoms with Crippen molar-refractivity contribution in [3.63, 3.8) is 0 Å². The van der Waals surface area contributed by atoms with Crippen molar-refractivity contribution in [2.45, 2.75) is 31.1 Å². The number of nitrogens with one attached hydrogen (secondary N) is 1. The molecule has 0 aliphatic heterocycles. The SMILES string of the molecule is CC(C)(C)c1ccc(S(=O)(=O)Nc2cccc(Cl)c2C(=O)c2cc[n+]([O-])cc2)cc1. The van der Waals surface area contributed by atoms with E-state index in [1.165, 1.54) is 48.8 Å². The second kappa shape index (κ2) is 8.08. The zero-order valence-corrected chi connectivity index (χ0v) is 18.3. The Kier molecular flexibility index (Phi) is 5.87. The number of benzene rings is 2. The molecule has 6 nitrogen and oxygen atoms in total. The summed E-state index contributed by atoms with van der Waals surface area (Å²) in [6, 6.07) is 13.8. The van der Waals surface area contributed by atoms with Crippen molar-refractivity contribution in [3.8, 4) is 0 Å². The molecule has 156 valence electrons. The van der Waals surface area contributed by atoms with Gasteiger partial charge in [0.25, 0.3) is 10.0 Å². The Morgan fingerprint density at radius 1 is 1.00 bits per heavy atom. The molecule has 0 spiro atoms. The Labute approximate surface area is 180 Å². The van der Waals surface area contributed by atoms with Gasteiger partial charge in [-0.05, 0) is 35.2 Å². The lowest BCUT2D eigenvalue weighted by Crippen LogP contribution is -2.24. The van der Waals surface area contributed by atoms with Crippen LogP contribution in [0, 0.1) is 5.21 Å². The van der Waals surface area contributed by atoms with Gasteiger partial charge in [0.2, 0.25) is 0 Å². The summed E-state index contributed by atoms with van der Waals surface area (Å²) < 4.78 is 28.9. The molecule has 0 atom stereocenters. The number of carbonyl (C=O) groups is 1. The molecule has 1 aromatic heterocycles. The number of hydrogen-bond donors (Lipinski definition) is 1. The van der Waals surface area contributed by atoms with E-state index in [2.05, 4.69) is 4.72 Å². The third-order valence-electron chi connectivity index (χ3n) is 4.58. The summed E-state index contributed by atoms with van der Waals surface area (Å²) in [5, 5.41) is 11.3. The molecular weight excluding hydrogens is 424 g/mol. The molecule has 0 unspecified atom stereocenters. The number of ketones is 1. The maximum atomic E-state index is 12.9. The van der Waals surface area contributed by atoms with E-state index < -0.39 is 15.8 Å². The van der Waals surface area contributed by atoms with Gasteiger partial charge in [0.15, 0.2) is 18.2 Å². The van der Waals surface area contributed by atoms with Gasteiger partial charge in [-0.15, -0.1) is 0 Å². The lowest BCUT2D eigenvalue weighted by atomic mass is 9.87. The van der Waals surface area contributed by atoms with Crippen molar-refractivity contribution in [2.75, 3.05) is 4.72 Å². The summed E-state index contributed by atoms with van der Waals surface area (Å²) in [5.41, 5.74) is 1.18. The van der Waals surface area contributed by atoms with E-state index in [0.717, 1.165) is 5.56 Å². The van der Waals surface area contributed by atoms with E-state index in [0.29, 0.717) is 4.73 Å². The standard InChI is InChI=1S/C22H21ClN2O4S/c1-22(2,3)16-7-9-17(10-8-16)30(28,29)24-19-6-4-5-18(23)20(19)21(26)15-11-13-25(27)14-12-15/h4-14,24H,1-3H3. The average Bonchev–Trinajstić information content (AvgIpc) is 2.67. The number of pyridine rings is 1. The lowest BCUT2D eigenvalue weighted by molar-refractivity contribution is -0.605. The minimum atomic E-state index is -3.95. The van der Waals surface area contributed by atoms with E-state index in [-0.39, 0.29) is 32.1 Å². The molecule has 0 bridgehead atoms. The zero-order valence-electron chi connectivity index (χ0n) is 16.7. The summed E-state index contributed by atoms with van der Waals surface area (Å²) in [6.07, 6.45) is 2.37. The van der Waals surface area contributed by atoms with Crippen LogP contribution in [0.3, 0.4) is 0 Å². The largest absolute Gasteiger partial charge is 0.619 e. The molecule has 1 heterocycles. The predicted octanol–water partition coefficient (Wildman–Crippen LogP) is 4.30. The van der Waals surface area contributed by atoms with Gasteiger partial charge in [-0.25, -0.2) is 8.42 Å². The Bertz CT molecular complexity index is 1180. The van der Waals surface area contributed by atoms with E-state index in [4.69, 9.17) is 11.6 Å². The number of anilines is 1. The quantitative estimate of drug-likeness (QED) is 0.361. The number of nitrogens with zero attached hydrogens (tertiary/aromatic N) is 1. The van der Waals surface area contributed by atoms with Gasteiger partial charge in [-0.1, -0.05) is 50.6 Å². The predicted molar refractivity (Wildman–Crippen MR) is 116 cm³/mol. The molecule has 0 aliphatic carbocycles. The van der Waals surface area contributed by atoms with E-state index in [9.17, 15) is 18.4 Å². The number of rotatable bonds is 5. The van der Waals surface area contributed by atoms with Gasteiger partial charge in [-0.2, -0.15) is 4.73 Å². The van der Waals surface area contributed by atoms with E-state index >= 15 is 0 Å². The summed E-state index contributed by atoms with van der Waals surface area (Å²) in [5.74, 6) is -0.498. The minimum Gasteiger partial charge on any atom is -0.619 e. The van der Waals surface area contributed by atoms with Gasteiger partial charge < -0.3 is 5.21 Å². The number of carbonyl (C=O) groups excluding carboxylic acids is 1. The van der Waals surface area contributed by atoms with Crippen LogP contribution in [0.25, 0.3) is 0 Å². The van der Waals surface area contributed by atoms with Crippen molar-refractivity contribution >= 4 is 33.1 Å². The minimum absolute atomic E-state index is 0.0118. The van der Waals surface area contributed by atoms with Crippen molar-refractivity contribution in [1.82, 2.24) is 0 Å². The summed E-state index contributed by atoms with van der Waals surface area (Å²) >= 11 is 6.23. The third kappa shape index (κ3) is 4.63. The highest BCUT2D eigenvalue weighted by Crippen LogP contribution is 2.30. The molecule has 0 fully saturated rings. The molecule has 0 radical (unpaired) electrons.